The van der Waals surface area contributed by atoms with E-state index in [2.05, 4.69) is 5.32 Å². The van der Waals surface area contributed by atoms with Gasteiger partial charge < -0.3 is 14.8 Å². The second-order valence-electron chi connectivity index (χ2n) is 6.06. The van der Waals surface area contributed by atoms with E-state index in [9.17, 15) is 14.7 Å². The van der Waals surface area contributed by atoms with Crippen LogP contribution >= 0.6 is 0 Å². The van der Waals surface area contributed by atoms with Crippen LogP contribution in [0, 0.1) is 19.3 Å². The van der Waals surface area contributed by atoms with E-state index in [0.717, 1.165) is 16.5 Å². The monoisotopic (exact) mass is 317 g/mol. The van der Waals surface area contributed by atoms with Gasteiger partial charge in [-0.1, -0.05) is 13.8 Å². The van der Waals surface area contributed by atoms with Gasteiger partial charge in [0.1, 0.15) is 5.58 Å². The topological polar surface area (TPSA) is 79.5 Å². The third-order valence-electron chi connectivity index (χ3n) is 4.75. The summed E-state index contributed by atoms with van der Waals surface area (Å²) in [5, 5.41) is 13.0. The third kappa shape index (κ3) is 3.23. The van der Waals surface area contributed by atoms with E-state index in [0.29, 0.717) is 18.4 Å². The Morgan fingerprint density at radius 2 is 1.74 bits per heavy atom. The highest BCUT2D eigenvalue weighted by Crippen LogP contribution is 2.27. The Kier molecular flexibility index (Phi) is 4.78. The zero-order chi connectivity index (χ0) is 17.2. The molecule has 0 aliphatic rings. The van der Waals surface area contributed by atoms with E-state index in [1.807, 2.05) is 39.8 Å². The number of hydrogen-bond acceptors (Lipinski definition) is 3. The smallest absolute Gasteiger partial charge is 0.311 e. The molecule has 0 atom stereocenters. The van der Waals surface area contributed by atoms with Crippen molar-refractivity contribution in [2.75, 3.05) is 6.54 Å². The quantitative estimate of drug-likeness (QED) is 0.852. The van der Waals surface area contributed by atoms with Gasteiger partial charge in [0.2, 0.25) is 0 Å². The lowest BCUT2D eigenvalue weighted by atomic mass is 9.82. The predicted octanol–water partition coefficient (Wildman–Crippen LogP) is 3.67. The number of nitrogens with one attached hydrogen (secondary N) is 1. The average Bonchev–Trinajstić information content (AvgIpc) is 2.91. The number of carbonyl (C=O) groups excluding carboxylic acids is 1. The lowest BCUT2D eigenvalue weighted by Gasteiger charge is -2.26. The Bertz CT molecular complexity index is 702. The van der Waals surface area contributed by atoms with Crippen LogP contribution in [-0.4, -0.2) is 23.5 Å². The molecule has 0 unspecified atom stereocenters. The first-order chi connectivity index (χ1) is 10.8. The molecule has 2 N–H and O–H groups in total. The maximum Gasteiger partial charge on any atom is 0.311 e. The lowest BCUT2D eigenvalue weighted by molar-refractivity contribution is -0.149. The number of aryl methyl sites for hydroxylation is 2. The van der Waals surface area contributed by atoms with E-state index in [1.165, 1.54) is 0 Å². The van der Waals surface area contributed by atoms with Crippen LogP contribution in [0.3, 0.4) is 0 Å². The van der Waals surface area contributed by atoms with Crippen molar-refractivity contribution < 1.29 is 19.1 Å². The second-order valence-corrected chi connectivity index (χ2v) is 6.06. The van der Waals surface area contributed by atoms with Crippen molar-refractivity contribution in [3.63, 3.8) is 0 Å². The number of amides is 1. The number of furan rings is 1. The van der Waals surface area contributed by atoms with Crippen LogP contribution in [-0.2, 0) is 4.79 Å². The number of carboxylic acids is 1. The molecule has 5 nitrogen and oxygen atoms in total. The molecule has 1 aromatic heterocycles. The van der Waals surface area contributed by atoms with Crippen molar-refractivity contribution in [2.45, 2.75) is 40.5 Å². The second kappa shape index (κ2) is 6.44. The van der Waals surface area contributed by atoms with Gasteiger partial charge in [-0.2, -0.15) is 0 Å². The van der Waals surface area contributed by atoms with Crippen LogP contribution in [0.1, 0.15) is 48.4 Å². The Balaban J connectivity index is 2.19. The average molecular weight is 317 g/mol. The maximum absolute atomic E-state index is 12.3. The Morgan fingerprint density at radius 1 is 1.13 bits per heavy atom. The minimum absolute atomic E-state index is 0.0866. The maximum atomic E-state index is 12.3. The largest absolute Gasteiger partial charge is 0.481 e. The summed E-state index contributed by atoms with van der Waals surface area (Å²) in [6.07, 6.45) is 0.912. The first-order valence-corrected chi connectivity index (χ1v) is 7.85. The van der Waals surface area contributed by atoms with Crippen molar-refractivity contribution in [2.24, 2.45) is 5.41 Å². The van der Waals surface area contributed by atoms with Crippen LogP contribution in [0.25, 0.3) is 11.0 Å². The molecule has 0 fully saturated rings. The fourth-order valence-corrected chi connectivity index (χ4v) is 2.63. The number of carbonyl (C=O) groups is 2. The highest BCUT2D eigenvalue weighted by atomic mass is 16.4. The van der Waals surface area contributed by atoms with Crippen molar-refractivity contribution in [1.82, 2.24) is 5.32 Å². The molecule has 1 heterocycles. The van der Waals surface area contributed by atoms with E-state index in [-0.39, 0.29) is 18.2 Å². The zero-order valence-electron chi connectivity index (χ0n) is 14.0. The molecule has 2 aromatic rings. The Hall–Kier alpha value is -2.30. The fourth-order valence-electron chi connectivity index (χ4n) is 2.63. The first kappa shape index (κ1) is 17.1. The molecule has 0 saturated heterocycles. The standard InChI is InChI=1S/C18H23NO4/c1-5-18(6-2,17(21)22)10-19-16(20)15-9-13-7-11(3)12(4)8-14(13)23-15/h7-9H,5-6,10H2,1-4H3,(H,19,20)(H,21,22). The molecule has 2 rings (SSSR count). The molecular formula is C18H23NO4. The highest BCUT2D eigenvalue weighted by Gasteiger charge is 2.35. The zero-order valence-corrected chi connectivity index (χ0v) is 14.0. The fraction of sp³-hybridized carbons (Fsp3) is 0.444. The summed E-state index contributed by atoms with van der Waals surface area (Å²) < 4.78 is 5.60. The predicted molar refractivity (Wildman–Crippen MR) is 88.7 cm³/mol. The number of carboxylic acid groups (broad SMARTS) is 1. The molecule has 124 valence electrons. The van der Waals surface area contributed by atoms with Crippen LogP contribution < -0.4 is 5.32 Å². The third-order valence-corrected chi connectivity index (χ3v) is 4.75. The van der Waals surface area contributed by atoms with Crippen molar-refractivity contribution in [3.8, 4) is 0 Å². The number of fused-ring (bicyclic) bond motifs is 1. The van der Waals surface area contributed by atoms with Gasteiger partial charge >= 0.3 is 5.97 Å². The van der Waals surface area contributed by atoms with Gasteiger partial charge in [0.05, 0.1) is 5.41 Å². The Morgan fingerprint density at radius 3 is 2.30 bits per heavy atom. The van der Waals surface area contributed by atoms with Gasteiger partial charge in [-0.25, -0.2) is 0 Å². The highest BCUT2D eigenvalue weighted by molar-refractivity contribution is 5.96. The van der Waals surface area contributed by atoms with Crippen LogP contribution in [0.4, 0.5) is 0 Å². The van der Waals surface area contributed by atoms with E-state index < -0.39 is 11.4 Å². The summed E-state index contributed by atoms with van der Waals surface area (Å²) in [5.74, 6) is -1.07. The molecule has 0 aliphatic carbocycles. The molecule has 0 radical (unpaired) electrons. The summed E-state index contributed by atoms with van der Waals surface area (Å²) in [6, 6.07) is 5.57. The van der Waals surface area contributed by atoms with Gasteiger partial charge in [0.15, 0.2) is 5.76 Å². The van der Waals surface area contributed by atoms with Gasteiger partial charge in [0.25, 0.3) is 5.91 Å². The van der Waals surface area contributed by atoms with E-state index in [4.69, 9.17) is 4.42 Å². The molecule has 0 aliphatic heterocycles. The van der Waals surface area contributed by atoms with Gasteiger partial charge in [-0.3, -0.25) is 9.59 Å². The van der Waals surface area contributed by atoms with Gasteiger partial charge in [0, 0.05) is 11.9 Å². The number of rotatable bonds is 6. The van der Waals surface area contributed by atoms with Crippen molar-refractivity contribution >= 4 is 22.8 Å². The molecule has 5 heteroatoms. The van der Waals surface area contributed by atoms with E-state index in [1.54, 1.807) is 6.07 Å². The van der Waals surface area contributed by atoms with Gasteiger partial charge in [-0.15, -0.1) is 0 Å². The van der Waals surface area contributed by atoms with Gasteiger partial charge in [-0.05, 0) is 56.0 Å². The lowest BCUT2D eigenvalue weighted by Crippen LogP contribution is -2.42. The molecule has 1 aromatic carbocycles. The minimum atomic E-state index is -0.936. The number of benzene rings is 1. The SMILES string of the molecule is CCC(CC)(CNC(=O)c1cc2cc(C)c(C)cc2o1)C(=O)O. The molecular weight excluding hydrogens is 294 g/mol. The van der Waals surface area contributed by atoms with Crippen molar-refractivity contribution in [1.29, 1.82) is 0 Å². The minimum Gasteiger partial charge on any atom is -0.481 e. The van der Waals surface area contributed by atoms with Crippen LogP contribution in [0.15, 0.2) is 22.6 Å². The molecule has 0 bridgehead atoms. The Labute approximate surface area is 135 Å². The van der Waals surface area contributed by atoms with Crippen LogP contribution in [0.2, 0.25) is 0 Å². The normalized spacial score (nSPS) is 11.7. The summed E-state index contributed by atoms with van der Waals surface area (Å²) >= 11 is 0. The van der Waals surface area contributed by atoms with Crippen molar-refractivity contribution in [3.05, 3.63) is 35.1 Å². The molecule has 0 saturated carbocycles. The molecule has 1 amide bonds. The molecule has 0 spiro atoms. The number of hydrogen-bond donors (Lipinski definition) is 2. The summed E-state index contributed by atoms with van der Waals surface area (Å²) in [7, 11) is 0. The van der Waals surface area contributed by atoms with Crippen LogP contribution in [0.5, 0.6) is 0 Å². The number of aliphatic carboxylic acids is 1. The first-order valence-electron chi connectivity index (χ1n) is 7.85. The van der Waals surface area contributed by atoms with E-state index >= 15 is 0 Å². The molecule has 23 heavy (non-hydrogen) atoms. The summed E-state index contributed by atoms with van der Waals surface area (Å²) in [4.78, 5) is 23.8. The summed E-state index contributed by atoms with van der Waals surface area (Å²) in [6.45, 7) is 7.71. The summed E-state index contributed by atoms with van der Waals surface area (Å²) in [5.41, 5.74) is 1.95.